The molecule has 10 rings (SSSR count). The summed E-state index contributed by atoms with van der Waals surface area (Å²) in [6, 6.07) is 65.5. The molecule has 0 saturated heterocycles. The van der Waals surface area contributed by atoms with E-state index in [9.17, 15) is 0 Å². The Morgan fingerprint density at radius 3 is 1.67 bits per heavy atom. The molecule has 0 atom stereocenters. The van der Waals surface area contributed by atoms with Gasteiger partial charge in [-0.15, -0.1) is 0 Å². The molecule has 10 aromatic rings. The fraction of sp³-hybridized carbons (Fsp3) is 0.0208. The minimum absolute atomic E-state index is 0.898. The van der Waals surface area contributed by atoms with Crippen molar-refractivity contribution in [3.05, 3.63) is 188 Å². The van der Waals surface area contributed by atoms with E-state index >= 15 is 0 Å². The monoisotopic (exact) mass is 651 g/mol. The van der Waals surface area contributed by atoms with Gasteiger partial charge in [0.2, 0.25) is 0 Å². The molecule has 0 N–H and O–H groups in total. The predicted octanol–water partition coefficient (Wildman–Crippen LogP) is 12.6. The minimum atomic E-state index is 0.898. The number of aryl methyl sites for hydroxylation is 1. The third-order valence-electron chi connectivity index (χ3n) is 10.2. The Balaban J connectivity index is 1.20. The highest BCUT2D eigenvalue weighted by atomic mass is 15.1. The highest BCUT2D eigenvalue weighted by molar-refractivity contribution is 6.12. The van der Waals surface area contributed by atoms with Gasteiger partial charge in [-0.05, 0) is 83.8 Å². The fourth-order valence-electron chi connectivity index (χ4n) is 7.71. The summed E-state index contributed by atoms with van der Waals surface area (Å²) in [6.45, 7) is 2.14. The lowest BCUT2D eigenvalue weighted by Gasteiger charge is -2.13. The number of para-hydroxylation sites is 2. The van der Waals surface area contributed by atoms with Crippen LogP contribution in [0.25, 0.3) is 88.6 Å². The van der Waals surface area contributed by atoms with Crippen molar-refractivity contribution < 1.29 is 0 Å². The summed E-state index contributed by atoms with van der Waals surface area (Å²) in [5.41, 5.74) is 13.8. The zero-order valence-electron chi connectivity index (χ0n) is 28.2. The van der Waals surface area contributed by atoms with Gasteiger partial charge in [-0.25, -0.2) is 4.98 Å². The first-order valence-electron chi connectivity index (χ1n) is 17.5. The van der Waals surface area contributed by atoms with Gasteiger partial charge in [0.25, 0.3) is 0 Å². The van der Waals surface area contributed by atoms with Crippen molar-refractivity contribution in [2.45, 2.75) is 6.92 Å². The molecular weight excluding hydrogens is 619 g/mol. The molecule has 0 aliphatic rings. The smallest absolute Gasteiger partial charge is 0.138 e. The van der Waals surface area contributed by atoms with Gasteiger partial charge in [0.05, 0.1) is 27.8 Å². The van der Waals surface area contributed by atoms with Crippen molar-refractivity contribution in [1.82, 2.24) is 14.1 Å². The maximum Gasteiger partial charge on any atom is 0.138 e. The van der Waals surface area contributed by atoms with E-state index in [-0.39, 0.29) is 0 Å². The molecule has 0 fully saturated rings. The molecule has 0 amide bonds. The lowest BCUT2D eigenvalue weighted by molar-refractivity contribution is 1.08. The zero-order chi connectivity index (χ0) is 33.9. The van der Waals surface area contributed by atoms with Crippen LogP contribution in [0.15, 0.2) is 182 Å². The highest BCUT2D eigenvalue weighted by Gasteiger charge is 2.18. The third kappa shape index (κ3) is 4.86. The molecule has 0 aliphatic heterocycles. The molecule has 0 unspecified atom stereocenters. The average molecular weight is 652 g/mol. The molecule has 0 saturated carbocycles. The van der Waals surface area contributed by atoms with E-state index in [1.807, 2.05) is 0 Å². The number of fused-ring (bicyclic) bond motifs is 6. The first kappa shape index (κ1) is 29.2. The summed E-state index contributed by atoms with van der Waals surface area (Å²) in [4.78, 5) is 5.35. The molecule has 0 spiro atoms. The SMILES string of the molecule is Cc1ccc(-n2c3ccccc3c3cc(-c4ccc5c6ccccc6n(-c6cc(-c7ccccc7)cc(-c7ccccc7)n6)c5c4)ccc32)cc1. The average Bonchev–Trinajstić information content (AvgIpc) is 3.71. The summed E-state index contributed by atoms with van der Waals surface area (Å²) in [5.74, 6) is 0.898. The third-order valence-corrected chi connectivity index (χ3v) is 10.2. The molecule has 240 valence electrons. The van der Waals surface area contributed by atoms with Gasteiger partial charge in [-0.2, -0.15) is 0 Å². The zero-order valence-corrected chi connectivity index (χ0v) is 28.2. The van der Waals surface area contributed by atoms with E-state index in [1.54, 1.807) is 0 Å². The molecule has 3 nitrogen and oxygen atoms in total. The first-order valence-corrected chi connectivity index (χ1v) is 17.5. The number of rotatable bonds is 5. The van der Waals surface area contributed by atoms with Crippen molar-refractivity contribution in [1.29, 1.82) is 0 Å². The van der Waals surface area contributed by atoms with Crippen LogP contribution in [0.5, 0.6) is 0 Å². The Morgan fingerprint density at radius 2 is 0.922 bits per heavy atom. The van der Waals surface area contributed by atoms with Crippen LogP contribution < -0.4 is 0 Å². The van der Waals surface area contributed by atoms with E-state index in [4.69, 9.17) is 4.98 Å². The molecule has 3 heteroatoms. The van der Waals surface area contributed by atoms with Gasteiger partial charge in [0, 0.05) is 32.8 Å². The van der Waals surface area contributed by atoms with Crippen LogP contribution in [0.2, 0.25) is 0 Å². The number of hydrogen-bond donors (Lipinski definition) is 0. The standard InChI is InChI=1S/C48H33N3/c1-32-20-24-38(25-21-32)50-44-18-10-9-17-40(44)42-28-35(23-27-46(42)50)36-22-26-41-39-16-8-11-19-45(39)51(47(41)30-36)48-31-37(33-12-4-2-5-13-33)29-43(49-48)34-14-6-3-7-15-34/h2-31H,1H3. The van der Waals surface area contributed by atoms with Crippen LogP contribution in [-0.2, 0) is 0 Å². The van der Waals surface area contributed by atoms with Crippen LogP contribution >= 0.6 is 0 Å². The van der Waals surface area contributed by atoms with Crippen molar-refractivity contribution in [2.24, 2.45) is 0 Å². The van der Waals surface area contributed by atoms with E-state index < -0.39 is 0 Å². The van der Waals surface area contributed by atoms with Crippen molar-refractivity contribution in [3.8, 4) is 45.0 Å². The van der Waals surface area contributed by atoms with Crippen LogP contribution in [0.1, 0.15) is 5.56 Å². The van der Waals surface area contributed by atoms with Crippen molar-refractivity contribution >= 4 is 43.6 Å². The summed E-state index contributed by atoms with van der Waals surface area (Å²) < 4.78 is 4.72. The second-order valence-corrected chi connectivity index (χ2v) is 13.3. The van der Waals surface area contributed by atoms with Crippen molar-refractivity contribution in [3.63, 3.8) is 0 Å². The van der Waals surface area contributed by atoms with Crippen LogP contribution in [0.4, 0.5) is 0 Å². The Kier molecular flexibility index (Phi) is 6.71. The number of aromatic nitrogens is 3. The maximum atomic E-state index is 5.35. The maximum absolute atomic E-state index is 5.35. The fourth-order valence-corrected chi connectivity index (χ4v) is 7.71. The van der Waals surface area contributed by atoms with Gasteiger partial charge in [0.15, 0.2) is 0 Å². The first-order chi connectivity index (χ1) is 25.2. The number of hydrogen-bond acceptors (Lipinski definition) is 1. The second kappa shape index (κ2) is 11.7. The topological polar surface area (TPSA) is 22.8 Å². The van der Waals surface area contributed by atoms with Crippen LogP contribution in [0, 0.1) is 6.92 Å². The largest absolute Gasteiger partial charge is 0.309 e. The lowest BCUT2D eigenvalue weighted by atomic mass is 10.0. The van der Waals surface area contributed by atoms with Gasteiger partial charge >= 0.3 is 0 Å². The molecule has 51 heavy (non-hydrogen) atoms. The van der Waals surface area contributed by atoms with Crippen LogP contribution in [0.3, 0.4) is 0 Å². The number of pyridine rings is 1. The van der Waals surface area contributed by atoms with Gasteiger partial charge in [-0.3, -0.25) is 4.57 Å². The predicted molar refractivity (Wildman–Crippen MR) is 214 cm³/mol. The molecule has 0 bridgehead atoms. The molecular formula is C48H33N3. The Bertz CT molecular complexity index is 2840. The summed E-state index contributed by atoms with van der Waals surface area (Å²) in [6.07, 6.45) is 0. The van der Waals surface area contributed by atoms with Gasteiger partial charge < -0.3 is 4.57 Å². The van der Waals surface area contributed by atoms with E-state index in [0.717, 1.165) is 39.2 Å². The Hall–Kier alpha value is -6.71. The van der Waals surface area contributed by atoms with Crippen LogP contribution in [-0.4, -0.2) is 14.1 Å². The minimum Gasteiger partial charge on any atom is -0.309 e. The highest BCUT2D eigenvalue weighted by Crippen LogP contribution is 2.39. The number of benzene rings is 7. The van der Waals surface area contributed by atoms with Gasteiger partial charge in [-0.1, -0.05) is 133 Å². The van der Waals surface area contributed by atoms with Gasteiger partial charge in [0.1, 0.15) is 5.82 Å². The summed E-state index contributed by atoms with van der Waals surface area (Å²) in [5, 5.41) is 4.91. The lowest BCUT2D eigenvalue weighted by Crippen LogP contribution is -2.00. The molecule has 3 aromatic heterocycles. The summed E-state index contributed by atoms with van der Waals surface area (Å²) in [7, 11) is 0. The van der Waals surface area contributed by atoms with Crippen molar-refractivity contribution in [2.75, 3.05) is 0 Å². The van der Waals surface area contributed by atoms with E-state index in [0.29, 0.717) is 0 Å². The normalized spacial score (nSPS) is 11.6. The Labute approximate surface area is 296 Å². The number of nitrogens with zero attached hydrogens (tertiary/aromatic N) is 3. The van der Waals surface area contributed by atoms with E-state index in [1.165, 1.54) is 55.0 Å². The summed E-state index contributed by atoms with van der Waals surface area (Å²) >= 11 is 0. The molecule has 3 heterocycles. The quantitative estimate of drug-likeness (QED) is 0.182. The van der Waals surface area contributed by atoms with E-state index in [2.05, 4.69) is 198 Å². The molecule has 0 aliphatic carbocycles. The molecule has 0 radical (unpaired) electrons. The second-order valence-electron chi connectivity index (χ2n) is 13.3. The molecule has 7 aromatic carbocycles. The Morgan fingerprint density at radius 1 is 0.353 bits per heavy atom.